The van der Waals surface area contributed by atoms with E-state index in [9.17, 15) is 4.79 Å². The van der Waals surface area contributed by atoms with E-state index in [0.717, 1.165) is 15.6 Å². The summed E-state index contributed by atoms with van der Waals surface area (Å²) < 4.78 is 1.02. The first-order valence-electron chi connectivity index (χ1n) is 6.62. The Morgan fingerprint density at radius 2 is 1.81 bits per heavy atom. The van der Waals surface area contributed by atoms with Crippen molar-refractivity contribution >= 4 is 21.8 Å². The van der Waals surface area contributed by atoms with Crippen molar-refractivity contribution < 1.29 is 4.79 Å². The Morgan fingerprint density at radius 1 is 1.19 bits per heavy atom. The SMILES string of the molecule is CN(Cc1ccccc1Br)C(C(=O)NN)c1ccccc1. The molecule has 3 N–H and O–H groups in total. The maximum atomic E-state index is 12.1. The second-order valence-corrected chi connectivity index (χ2v) is 5.68. The van der Waals surface area contributed by atoms with Crippen molar-refractivity contribution in [3.63, 3.8) is 0 Å². The van der Waals surface area contributed by atoms with Crippen LogP contribution >= 0.6 is 15.9 Å². The summed E-state index contributed by atoms with van der Waals surface area (Å²) in [6.07, 6.45) is 0. The van der Waals surface area contributed by atoms with Gasteiger partial charge in [-0.25, -0.2) is 5.84 Å². The Labute approximate surface area is 133 Å². The largest absolute Gasteiger partial charge is 0.293 e. The van der Waals surface area contributed by atoms with Gasteiger partial charge in [-0.1, -0.05) is 64.5 Å². The fraction of sp³-hybridized carbons (Fsp3) is 0.188. The molecular formula is C16H18BrN3O. The third kappa shape index (κ3) is 3.91. The molecule has 0 aromatic heterocycles. The van der Waals surface area contributed by atoms with Gasteiger partial charge < -0.3 is 0 Å². The second kappa shape index (κ2) is 7.36. The number of hydrogen-bond acceptors (Lipinski definition) is 3. The molecule has 2 rings (SSSR count). The number of benzene rings is 2. The summed E-state index contributed by atoms with van der Waals surface area (Å²) in [6, 6.07) is 17.2. The minimum Gasteiger partial charge on any atom is -0.293 e. The van der Waals surface area contributed by atoms with Gasteiger partial charge in [-0.15, -0.1) is 0 Å². The summed E-state index contributed by atoms with van der Waals surface area (Å²) in [6.45, 7) is 0.633. The van der Waals surface area contributed by atoms with E-state index < -0.39 is 6.04 Å². The van der Waals surface area contributed by atoms with Gasteiger partial charge in [-0.2, -0.15) is 0 Å². The number of hydrazine groups is 1. The molecule has 1 unspecified atom stereocenters. The van der Waals surface area contributed by atoms with Gasteiger partial charge >= 0.3 is 0 Å². The molecule has 110 valence electrons. The predicted molar refractivity (Wildman–Crippen MR) is 87.1 cm³/mol. The number of carbonyl (C=O) groups is 1. The number of likely N-dealkylation sites (N-methyl/N-ethyl adjacent to an activating group) is 1. The van der Waals surface area contributed by atoms with Gasteiger partial charge in [0.15, 0.2) is 0 Å². The monoisotopic (exact) mass is 347 g/mol. The molecule has 0 saturated carbocycles. The van der Waals surface area contributed by atoms with E-state index >= 15 is 0 Å². The molecule has 0 aliphatic heterocycles. The third-order valence-corrected chi connectivity index (χ3v) is 4.10. The van der Waals surface area contributed by atoms with E-state index in [1.807, 2.05) is 66.5 Å². The van der Waals surface area contributed by atoms with Crippen LogP contribution in [-0.2, 0) is 11.3 Å². The highest BCUT2D eigenvalue weighted by Gasteiger charge is 2.24. The molecule has 0 spiro atoms. The van der Waals surface area contributed by atoms with Crippen LogP contribution in [0.2, 0.25) is 0 Å². The zero-order valence-corrected chi connectivity index (χ0v) is 13.4. The van der Waals surface area contributed by atoms with Crippen LogP contribution in [0.5, 0.6) is 0 Å². The number of nitrogens with two attached hydrogens (primary N) is 1. The van der Waals surface area contributed by atoms with E-state index in [2.05, 4.69) is 21.4 Å². The minimum atomic E-state index is -0.427. The fourth-order valence-corrected chi connectivity index (χ4v) is 2.72. The molecule has 0 aliphatic rings. The fourth-order valence-electron chi connectivity index (χ4n) is 2.31. The zero-order chi connectivity index (χ0) is 15.2. The number of halogens is 1. The average molecular weight is 348 g/mol. The lowest BCUT2D eigenvalue weighted by Gasteiger charge is -2.27. The quantitative estimate of drug-likeness (QED) is 0.496. The van der Waals surface area contributed by atoms with Crippen LogP contribution in [0.3, 0.4) is 0 Å². The molecular weight excluding hydrogens is 330 g/mol. The first-order chi connectivity index (χ1) is 10.1. The van der Waals surface area contributed by atoms with Crippen LogP contribution < -0.4 is 11.3 Å². The molecule has 0 heterocycles. The second-order valence-electron chi connectivity index (χ2n) is 4.83. The Kier molecular flexibility index (Phi) is 5.50. The maximum absolute atomic E-state index is 12.1. The molecule has 0 saturated heterocycles. The van der Waals surface area contributed by atoms with Gasteiger partial charge in [0.25, 0.3) is 5.91 Å². The van der Waals surface area contributed by atoms with Crippen molar-refractivity contribution in [2.45, 2.75) is 12.6 Å². The topological polar surface area (TPSA) is 58.4 Å². The van der Waals surface area contributed by atoms with Crippen LogP contribution in [0, 0.1) is 0 Å². The minimum absolute atomic E-state index is 0.226. The normalized spacial score (nSPS) is 12.2. The van der Waals surface area contributed by atoms with Crippen molar-refractivity contribution in [2.75, 3.05) is 7.05 Å². The van der Waals surface area contributed by atoms with Crippen molar-refractivity contribution in [3.8, 4) is 0 Å². The van der Waals surface area contributed by atoms with Gasteiger partial charge in [0, 0.05) is 11.0 Å². The highest BCUT2D eigenvalue weighted by molar-refractivity contribution is 9.10. The van der Waals surface area contributed by atoms with Crippen LogP contribution in [0.1, 0.15) is 17.2 Å². The Balaban J connectivity index is 2.25. The van der Waals surface area contributed by atoms with Crippen molar-refractivity contribution in [2.24, 2.45) is 5.84 Å². The van der Waals surface area contributed by atoms with Crippen LogP contribution in [0.25, 0.3) is 0 Å². The molecule has 5 heteroatoms. The van der Waals surface area contributed by atoms with E-state index in [1.54, 1.807) is 0 Å². The number of nitrogens with zero attached hydrogens (tertiary/aromatic N) is 1. The summed E-state index contributed by atoms with van der Waals surface area (Å²) in [5.41, 5.74) is 4.28. The molecule has 1 amide bonds. The van der Waals surface area contributed by atoms with Crippen LogP contribution in [-0.4, -0.2) is 17.9 Å². The average Bonchev–Trinajstić information content (AvgIpc) is 2.50. The molecule has 2 aromatic rings. The molecule has 0 radical (unpaired) electrons. The highest BCUT2D eigenvalue weighted by atomic mass is 79.9. The van der Waals surface area contributed by atoms with Gasteiger partial charge in [0.1, 0.15) is 6.04 Å². The highest BCUT2D eigenvalue weighted by Crippen LogP contribution is 2.24. The number of rotatable bonds is 5. The summed E-state index contributed by atoms with van der Waals surface area (Å²) in [5, 5.41) is 0. The van der Waals surface area contributed by atoms with Gasteiger partial charge in [0.05, 0.1) is 0 Å². The molecule has 4 nitrogen and oxygen atoms in total. The summed E-state index contributed by atoms with van der Waals surface area (Å²) >= 11 is 3.53. The van der Waals surface area contributed by atoms with Crippen molar-refractivity contribution in [1.82, 2.24) is 10.3 Å². The molecule has 0 aliphatic carbocycles. The number of hydrogen-bond donors (Lipinski definition) is 2. The number of carbonyl (C=O) groups excluding carboxylic acids is 1. The molecule has 1 atom stereocenters. The Hall–Kier alpha value is -1.69. The van der Waals surface area contributed by atoms with Gasteiger partial charge in [-0.05, 0) is 24.2 Å². The van der Waals surface area contributed by atoms with Gasteiger partial charge in [-0.3, -0.25) is 15.1 Å². The van der Waals surface area contributed by atoms with E-state index in [-0.39, 0.29) is 5.91 Å². The summed E-state index contributed by atoms with van der Waals surface area (Å²) in [4.78, 5) is 14.1. The van der Waals surface area contributed by atoms with Crippen LogP contribution in [0.4, 0.5) is 0 Å². The molecule has 21 heavy (non-hydrogen) atoms. The molecule has 2 aromatic carbocycles. The number of amides is 1. The van der Waals surface area contributed by atoms with E-state index in [4.69, 9.17) is 5.84 Å². The van der Waals surface area contributed by atoms with E-state index in [1.165, 1.54) is 0 Å². The van der Waals surface area contributed by atoms with E-state index in [0.29, 0.717) is 6.54 Å². The number of nitrogens with one attached hydrogen (secondary N) is 1. The van der Waals surface area contributed by atoms with Crippen molar-refractivity contribution in [1.29, 1.82) is 0 Å². The molecule has 0 bridgehead atoms. The lowest BCUT2D eigenvalue weighted by Crippen LogP contribution is -2.41. The zero-order valence-electron chi connectivity index (χ0n) is 11.8. The summed E-state index contributed by atoms with van der Waals surface area (Å²) in [7, 11) is 1.91. The summed E-state index contributed by atoms with van der Waals surface area (Å²) in [5.74, 6) is 5.11. The lowest BCUT2D eigenvalue weighted by molar-refractivity contribution is -0.126. The smallest absolute Gasteiger partial charge is 0.255 e. The first-order valence-corrected chi connectivity index (χ1v) is 7.42. The predicted octanol–water partition coefficient (Wildman–Crippen LogP) is 2.61. The Morgan fingerprint density at radius 3 is 2.43 bits per heavy atom. The van der Waals surface area contributed by atoms with Gasteiger partial charge in [0.2, 0.25) is 0 Å². The molecule has 0 fully saturated rings. The lowest BCUT2D eigenvalue weighted by atomic mass is 10.0. The van der Waals surface area contributed by atoms with Crippen LogP contribution in [0.15, 0.2) is 59.1 Å². The standard InChI is InChI=1S/C16H18BrN3O/c1-20(11-13-9-5-6-10-14(13)17)15(16(21)19-18)12-7-3-2-4-8-12/h2-10,15H,11,18H2,1H3,(H,19,21). The Bertz CT molecular complexity index is 603. The first kappa shape index (κ1) is 15.7. The maximum Gasteiger partial charge on any atom is 0.255 e. The van der Waals surface area contributed by atoms with Crippen molar-refractivity contribution in [3.05, 3.63) is 70.2 Å². The third-order valence-electron chi connectivity index (χ3n) is 3.32.